The number of fused-ring (bicyclic) bond motifs is 1. The lowest BCUT2D eigenvalue weighted by Crippen LogP contribution is -2.27. The lowest BCUT2D eigenvalue weighted by Gasteiger charge is -2.24. The monoisotopic (exact) mass is 137 g/mol. The second-order valence-corrected chi connectivity index (χ2v) is 2.70. The molecular formula is C7H11N3. The van der Waals surface area contributed by atoms with E-state index in [2.05, 4.69) is 21.5 Å². The minimum Gasteiger partial charge on any atom is -0.345 e. The molecule has 0 radical (unpaired) electrons. The summed E-state index contributed by atoms with van der Waals surface area (Å²) in [5, 5.41) is 0. The van der Waals surface area contributed by atoms with Gasteiger partial charge in [0.25, 0.3) is 0 Å². The number of nitrogens with zero attached hydrogens (tertiary/aromatic N) is 3. The van der Waals surface area contributed by atoms with Crippen molar-refractivity contribution in [1.29, 1.82) is 0 Å². The predicted octanol–water partition coefficient (Wildman–Crippen LogP) is 0.723. The summed E-state index contributed by atoms with van der Waals surface area (Å²) < 4.78 is 2.18. The summed E-state index contributed by atoms with van der Waals surface area (Å²) in [7, 11) is 2.08. The average Bonchev–Trinajstić information content (AvgIpc) is 2.36. The van der Waals surface area contributed by atoms with E-state index in [1.54, 1.807) is 0 Å². The molecule has 3 heteroatoms. The molecule has 2 heterocycles. The van der Waals surface area contributed by atoms with E-state index in [-0.39, 0.29) is 0 Å². The van der Waals surface area contributed by atoms with Crippen molar-refractivity contribution < 1.29 is 0 Å². The molecule has 0 amide bonds. The molecule has 0 saturated heterocycles. The Bertz CT molecular complexity index is 229. The van der Waals surface area contributed by atoms with E-state index in [4.69, 9.17) is 0 Å². The molecule has 1 aromatic heterocycles. The minimum atomic E-state index is 1.10. The van der Waals surface area contributed by atoms with Crippen molar-refractivity contribution in [2.75, 3.05) is 18.5 Å². The molecule has 0 N–H and O–H groups in total. The molecule has 0 aromatic carbocycles. The Labute approximate surface area is 60.3 Å². The van der Waals surface area contributed by atoms with Crippen LogP contribution < -0.4 is 4.90 Å². The van der Waals surface area contributed by atoms with Crippen LogP contribution in [0, 0.1) is 0 Å². The Hall–Kier alpha value is -0.990. The fourth-order valence-electron chi connectivity index (χ4n) is 1.39. The second-order valence-electron chi connectivity index (χ2n) is 2.70. The molecule has 0 aliphatic carbocycles. The maximum Gasteiger partial charge on any atom is 0.205 e. The summed E-state index contributed by atoms with van der Waals surface area (Å²) in [5.41, 5.74) is 0. The number of aromatic nitrogens is 2. The number of anilines is 1. The molecule has 1 aliphatic heterocycles. The van der Waals surface area contributed by atoms with Crippen LogP contribution >= 0.6 is 0 Å². The fourth-order valence-corrected chi connectivity index (χ4v) is 1.39. The number of hydrogen-bond acceptors (Lipinski definition) is 2. The molecule has 1 aromatic rings. The number of imidazole rings is 1. The van der Waals surface area contributed by atoms with Gasteiger partial charge in [0.05, 0.1) is 0 Å². The van der Waals surface area contributed by atoms with E-state index >= 15 is 0 Å². The van der Waals surface area contributed by atoms with Crippen LogP contribution in [-0.4, -0.2) is 23.1 Å². The molecule has 0 atom stereocenters. The molecule has 10 heavy (non-hydrogen) atoms. The first-order valence-electron chi connectivity index (χ1n) is 3.60. The maximum atomic E-state index is 4.23. The topological polar surface area (TPSA) is 21.1 Å². The molecule has 0 spiro atoms. The van der Waals surface area contributed by atoms with Crippen LogP contribution in [0.15, 0.2) is 12.4 Å². The molecular weight excluding hydrogens is 126 g/mol. The van der Waals surface area contributed by atoms with Gasteiger partial charge in [-0.1, -0.05) is 0 Å². The third kappa shape index (κ3) is 0.701. The van der Waals surface area contributed by atoms with Gasteiger partial charge < -0.3 is 9.47 Å². The van der Waals surface area contributed by atoms with Gasteiger partial charge in [-0.2, -0.15) is 0 Å². The largest absolute Gasteiger partial charge is 0.345 e. The molecule has 0 unspecified atom stereocenters. The van der Waals surface area contributed by atoms with E-state index in [1.165, 1.54) is 6.42 Å². The van der Waals surface area contributed by atoms with Crippen LogP contribution in [0.2, 0.25) is 0 Å². The first kappa shape index (κ1) is 5.77. The Morgan fingerprint density at radius 1 is 1.50 bits per heavy atom. The van der Waals surface area contributed by atoms with Gasteiger partial charge in [0.2, 0.25) is 5.95 Å². The first-order valence-corrected chi connectivity index (χ1v) is 3.60. The van der Waals surface area contributed by atoms with Gasteiger partial charge in [0.1, 0.15) is 0 Å². The number of aryl methyl sites for hydroxylation is 1. The van der Waals surface area contributed by atoms with Crippen LogP contribution in [0.1, 0.15) is 6.42 Å². The summed E-state index contributed by atoms with van der Waals surface area (Å²) >= 11 is 0. The van der Waals surface area contributed by atoms with E-state index in [9.17, 15) is 0 Å². The van der Waals surface area contributed by atoms with Crippen LogP contribution in [0.25, 0.3) is 0 Å². The highest BCUT2D eigenvalue weighted by molar-refractivity contribution is 5.30. The lowest BCUT2D eigenvalue weighted by molar-refractivity contribution is 0.579. The second kappa shape index (κ2) is 2.01. The van der Waals surface area contributed by atoms with Crippen LogP contribution in [0.4, 0.5) is 5.95 Å². The third-order valence-corrected chi connectivity index (χ3v) is 1.93. The highest BCUT2D eigenvalue weighted by atomic mass is 15.3. The van der Waals surface area contributed by atoms with Crippen molar-refractivity contribution in [3.63, 3.8) is 0 Å². The van der Waals surface area contributed by atoms with Gasteiger partial charge in [0, 0.05) is 32.5 Å². The van der Waals surface area contributed by atoms with E-state index in [0.29, 0.717) is 0 Å². The molecule has 0 bridgehead atoms. The van der Waals surface area contributed by atoms with Crippen LogP contribution in [0.3, 0.4) is 0 Å². The molecule has 0 fully saturated rings. The zero-order chi connectivity index (χ0) is 6.97. The SMILES string of the molecule is CN1CCCn2ccnc21. The highest BCUT2D eigenvalue weighted by Crippen LogP contribution is 2.15. The Balaban J connectivity index is 2.41. The highest BCUT2D eigenvalue weighted by Gasteiger charge is 2.12. The normalized spacial score (nSPS) is 17.1. The van der Waals surface area contributed by atoms with Crippen molar-refractivity contribution in [1.82, 2.24) is 9.55 Å². The molecule has 2 rings (SSSR count). The van der Waals surface area contributed by atoms with Gasteiger partial charge in [-0.25, -0.2) is 4.98 Å². The number of hydrogen-bond donors (Lipinski definition) is 0. The van der Waals surface area contributed by atoms with Crippen molar-refractivity contribution in [2.45, 2.75) is 13.0 Å². The quantitative estimate of drug-likeness (QED) is 0.525. The minimum absolute atomic E-state index is 1.10. The smallest absolute Gasteiger partial charge is 0.205 e. The van der Waals surface area contributed by atoms with Gasteiger partial charge in [-0.3, -0.25) is 0 Å². The molecule has 0 saturated carbocycles. The van der Waals surface area contributed by atoms with Crippen LogP contribution in [0.5, 0.6) is 0 Å². The zero-order valence-electron chi connectivity index (χ0n) is 6.12. The van der Waals surface area contributed by atoms with Gasteiger partial charge in [0.15, 0.2) is 0 Å². The van der Waals surface area contributed by atoms with Gasteiger partial charge >= 0.3 is 0 Å². The lowest BCUT2D eigenvalue weighted by atomic mass is 10.3. The van der Waals surface area contributed by atoms with Gasteiger partial charge in [-0.15, -0.1) is 0 Å². The average molecular weight is 137 g/mol. The van der Waals surface area contributed by atoms with Crippen molar-refractivity contribution >= 4 is 5.95 Å². The van der Waals surface area contributed by atoms with Gasteiger partial charge in [-0.05, 0) is 6.42 Å². The Morgan fingerprint density at radius 2 is 2.40 bits per heavy atom. The summed E-state index contributed by atoms with van der Waals surface area (Å²) in [4.78, 5) is 6.41. The summed E-state index contributed by atoms with van der Waals surface area (Å²) in [5.74, 6) is 1.10. The van der Waals surface area contributed by atoms with E-state index in [0.717, 1.165) is 19.0 Å². The zero-order valence-corrected chi connectivity index (χ0v) is 6.12. The summed E-state index contributed by atoms with van der Waals surface area (Å²) in [6, 6.07) is 0. The van der Waals surface area contributed by atoms with E-state index in [1.807, 2.05) is 12.4 Å². The molecule has 54 valence electrons. The summed E-state index contributed by atoms with van der Waals surface area (Å²) in [6.07, 6.45) is 5.13. The third-order valence-electron chi connectivity index (χ3n) is 1.93. The van der Waals surface area contributed by atoms with Crippen molar-refractivity contribution in [3.8, 4) is 0 Å². The Morgan fingerprint density at radius 3 is 3.20 bits per heavy atom. The number of rotatable bonds is 0. The van der Waals surface area contributed by atoms with E-state index < -0.39 is 0 Å². The fraction of sp³-hybridized carbons (Fsp3) is 0.571. The standard InChI is InChI=1S/C7H11N3/c1-9-4-2-5-10-6-3-8-7(9)10/h3,6H,2,4-5H2,1H3. The first-order chi connectivity index (χ1) is 4.88. The summed E-state index contributed by atoms with van der Waals surface area (Å²) in [6.45, 7) is 2.26. The molecule has 3 nitrogen and oxygen atoms in total. The molecule has 1 aliphatic rings. The maximum absolute atomic E-state index is 4.23. The predicted molar refractivity (Wildman–Crippen MR) is 40.1 cm³/mol. The Kier molecular flexibility index (Phi) is 1.16. The van der Waals surface area contributed by atoms with Crippen molar-refractivity contribution in [2.24, 2.45) is 0 Å². The van der Waals surface area contributed by atoms with Crippen molar-refractivity contribution in [3.05, 3.63) is 12.4 Å². The van der Waals surface area contributed by atoms with Crippen LogP contribution in [-0.2, 0) is 6.54 Å².